The van der Waals surface area contributed by atoms with E-state index in [9.17, 15) is 0 Å². The molecule has 1 aromatic rings. The fourth-order valence-corrected chi connectivity index (χ4v) is 2.07. The van der Waals surface area contributed by atoms with E-state index in [2.05, 4.69) is 20.6 Å². The van der Waals surface area contributed by atoms with Crippen LogP contribution in [-0.4, -0.2) is 30.1 Å². The van der Waals surface area contributed by atoms with Crippen LogP contribution < -0.4 is 10.6 Å². The highest BCUT2D eigenvalue weighted by Gasteiger charge is 2.14. The fraction of sp³-hybridized carbons (Fsp3) is 0.636. The molecule has 0 spiro atoms. The molecule has 82 valence electrons. The van der Waals surface area contributed by atoms with Crippen LogP contribution in [0.1, 0.15) is 22.8 Å². The van der Waals surface area contributed by atoms with Crippen molar-refractivity contribution in [2.45, 2.75) is 26.3 Å². The van der Waals surface area contributed by atoms with E-state index in [1.165, 1.54) is 17.0 Å². The molecule has 0 bridgehead atoms. The zero-order valence-corrected chi connectivity index (χ0v) is 9.43. The van der Waals surface area contributed by atoms with Crippen molar-refractivity contribution < 1.29 is 0 Å². The van der Waals surface area contributed by atoms with E-state index in [0.29, 0.717) is 0 Å². The fourth-order valence-electron chi connectivity index (χ4n) is 2.07. The number of fused-ring (bicyclic) bond motifs is 1. The summed E-state index contributed by atoms with van der Waals surface area (Å²) in [6.45, 7) is 4.88. The minimum Gasteiger partial charge on any atom is -0.316 e. The first-order valence-corrected chi connectivity index (χ1v) is 5.52. The summed E-state index contributed by atoms with van der Waals surface area (Å²) in [5.41, 5.74) is 3.75. The van der Waals surface area contributed by atoms with Gasteiger partial charge in [-0.2, -0.15) is 0 Å². The van der Waals surface area contributed by atoms with Gasteiger partial charge in [0.2, 0.25) is 0 Å². The van der Waals surface area contributed by atoms with Gasteiger partial charge in [-0.05, 0) is 32.5 Å². The SMILES string of the molecule is CNCc1nc(C)nc2c1CCNCC2. The van der Waals surface area contributed by atoms with E-state index < -0.39 is 0 Å². The second-order valence-corrected chi connectivity index (χ2v) is 3.92. The Balaban J connectivity index is 2.40. The van der Waals surface area contributed by atoms with Crippen molar-refractivity contribution in [1.82, 2.24) is 20.6 Å². The largest absolute Gasteiger partial charge is 0.316 e. The molecule has 0 atom stereocenters. The lowest BCUT2D eigenvalue weighted by Gasteiger charge is -2.11. The molecule has 1 aliphatic rings. The Kier molecular flexibility index (Phi) is 3.28. The number of hydrogen-bond acceptors (Lipinski definition) is 4. The van der Waals surface area contributed by atoms with Crippen molar-refractivity contribution >= 4 is 0 Å². The topological polar surface area (TPSA) is 49.8 Å². The van der Waals surface area contributed by atoms with Gasteiger partial charge < -0.3 is 10.6 Å². The van der Waals surface area contributed by atoms with E-state index in [4.69, 9.17) is 0 Å². The Morgan fingerprint density at radius 3 is 2.87 bits per heavy atom. The highest BCUT2D eigenvalue weighted by molar-refractivity contribution is 5.28. The lowest BCUT2D eigenvalue weighted by molar-refractivity contribution is 0.705. The predicted octanol–water partition coefficient (Wildman–Crippen LogP) is 0.193. The molecule has 15 heavy (non-hydrogen) atoms. The van der Waals surface area contributed by atoms with Gasteiger partial charge in [-0.15, -0.1) is 0 Å². The molecule has 0 radical (unpaired) electrons. The molecule has 0 aliphatic carbocycles. The van der Waals surface area contributed by atoms with Crippen LogP contribution in [0.15, 0.2) is 0 Å². The van der Waals surface area contributed by atoms with Crippen LogP contribution in [0.4, 0.5) is 0 Å². The van der Waals surface area contributed by atoms with Crippen LogP contribution >= 0.6 is 0 Å². The second-order valence-electron chi connectivity index (χ2n) is 3.92. The maximum atomic E-state index is 4.54. The van der Waals surface area contributed by atoms with E-state index in [1.54, 1.807) is 0 Å². The van der Waals surface area contributed by atoms with E-state index in [-0.39, 0.29) is 0 Å². The van der Waals surface area contributed by atoms with Crippen LogP contribution in [0.25, 0.3) is 0 Å². The highest BCUT2D eigenvalue weighted by atomic mass is 14.9. The lowest BCUT2D eigenvalue weighted by atomic mass is 10.1. The van der Waals surface area contributed by atoms with Gasteiger partial charge in [-0.1, -0.05) is 0 Å². The molecule has 0 saturated heterocycles. The molecule has 1 aliphatic heterocycles. The van der Waals surface area contributed by atoms with Gasteiger partial charge in [0.1, 0.15) is 5.82 Å². The van der Waals surface area contributed by atoms with Gasteiger partial charge in [0.05, 0.1) is 5.69 Å². The molecule has 0 unspecified atom stereocenters. The smallest absolute Gasteiger partial charge is 0.125 e. The molecule has 2 heterocycles. The van der Waals surface area contributed by atoms with Crippen molar-refractivity contribution in [2.24, 2.45) is 0 Å². The second kappa shape index (κ2) is 4.68. The summed E-state index contributed by atoms with van der Waals surface area (Å²) < 4.78 is 0. The van der Waals surface area contributed by atoms with Gasteiger partial charge in [0.25, 0.3) is 0 Å². The van der Waals surface area contributed by atoms with E-state index >= 15 is 0 Å². The molecule has 0 aromatic carbocycles. The first-order chi connectivity index (χ1) is 7.31. The molecule has 4 nitrogen and oxygen atoms in total. The summed E-state index contributed by atoms with van der Waals surface area (Å²) in [5.74, 6) is 0.890. The molecule has 1 aromatic heterocycles. The zero-order chi connectivity index (χ0) is 10.7. The quantitative estimate of drug-likeness (QED) is 0.725. The average molecular weight is 206 g/mol. The van der Waals surface area contributed by atoms with E-state index in [1.807, 2.05) is 14.0 Å². The Morgan fingerprint density at radius 1 is 1.27 bits per heavy atom. The Hall–Kier alpha value is -1.00. The highest BCUT2D eigenvalue weighted by Crippen LogP contribution is 2.14. The van der Waals surface area contributed by atoms with Crippen molar-refractivity contribution in [3.05, 3.63) is 22.8 Å². The Morgan fingerprint density at radius 2 is 2.07 bits per heavy atom. The van der Waals surface area contributed by atoms with Crippen molar-refractivity contribution in [2.75, 3.05) is 20.1 Å². The monoisotopic (exact) mass is 206 g/mol. The third-order valence-corrected chi connectivity index (χ3v) is 2.72. The number of rotatable bonds is 2. The molecular weight excluding hydrogens is 188 g/mol. The number of nitrogens with one attached hydrogen (secondary N) is 2. The molecule has 0 fully saturated rings. The van der Waals surface area contributed by atoms with Gasteiger partial charge in [0.15, 0.2) is 0 Å². The van der Waals surface area contributed by atoms with Gasteiger partial charge in [0, 0.05) is 25.2 Å². The minimum atomic E-state index is 0.839. The molecule has 2 rings (SSSR count). The summed E-state index contributed by atoms with van der Waals surface area (Å²) in [6.07, 6.45) is 2.07. The maximum absolute atomic E-state index is 4.54. The standard InChI is InChI=1S/C11H18N4/c1-8-14-10-4-6-13-5-3-9(10)11(15-8)7-12-2/h12-13H,3-7H2,1-2H3. The summed E-state index contributed by atoms with van der Waals surface area (Å²) in [4.78, 5) is 9.05. The first-order valence-electron chi connectivity index (χ1n) is 5.52. The predicted molar refractivity (Wildman–Crippen MR) is 59.8 cm³/mol. The number of aryl methyl sites for hydroxylation is 1. The van der Waals surface area contributed by atoms with Crippen LogP contribution in [0.5, 0.6) is 0 Å². The molecular formula is C11H18N4. The zero-order valence-electron chi connectivity index (χ0n) is 9.43. The van der Waals surface area contributed by atoms with Crippen LogP contribution in [0, 0.1) is 6.92 Å². The third-order valence-electron chi connectivity index (χ3n) is 2.72. The summed E-state index contributed by atoms with van der Waals surface area (Å²) in [7, 11) is 1.96. The maximum Gasteiger partial charge on any atom is 0.125 e. The van der Waals surface area contributed by atoms with E-state index in [0.717, 1.165) is 38.3 Å². The van der Waals surface area contributed by atoms with Crippen molar-refractivity contribution in [3.8, 4) is 0 Å². The Bertz CT molecular complexity index is 349. The van der Waals surface area contributed by atoms with Gasteiger partial charge in [-0.3, -0.25) is 0 Å². The van der Waals surface area contributed by atoms with Gasteiger partial charge in [-0.25, -0.2) is 9.97 Å². The summed E-state index contributed by atoms with van der Waals surface area (Å²) in [6, 6.07) is 0. The molecule has 2 N–H and O–H groups in total. The van der Waals surface area contributed by atoms with Crippen LogP contribution in [-0.2, 0) is 19.4 Å². The molecule has 0 saturated carbocycles. The lowest BCUT2D eigenvalue weighted by Crippen LogP contribution is -2.16. The summed E-state index contributed by atoms with van der Waals surface area (Å²) in [5, 5.41) is 6.57. The van der Waals surface area contributed by atoms with Crippen molar-refractivity contribution in [3.63, 3.8) is 0 Å². The number of hydrogen-bond donors (Lipinski definition) is 2. The molecule has 4 heteroatoms. The van der Waals surface area contributed by atoms with Gasteiger partial charge >= 0.3 is 0 Å². The molecule has 0 amide bonds. The average Bonchev–Trinajstić information content (AvgIpc) is 2.43. The normalized spacial score (nSPS) is 15.9. The van der Waals surface area contributed by atoms with Crippen LogP contribution in [0.3, 0.4) is 0 Å². The number of aromatic nitrogens is 2. The van der Waals surface area contributed by atoms with Crippen molar-refractivity contribution in [1.29, 1.82) is 0 Å². The third kappa shape index (κ3) is 2.33. The first kappa shape index (κ1) is 10.5. The van der Waals surface area contributed by atoms with Crippen LogP contribution in [0.2, 0.25) is 0 Å². The minimum absolute atomic E-state index is 0.839. The Labute approximate surface area is 90.5 Å². The number of nitrogens with zero attached hydrogens (tertiary/aromatic N) is 2. The summed E-state index contributed by atoms with van der Waals surface area (Å²) >= 11 is 0.